The summed E-state index contributed by atoms with van der Waals surface area (Å²) in [5.74, 6) is 1.06. The Morgan fingerprint density at radius 3 is 2.36 bits per heavy atom. The fourth-order valence-corrected chi connectivity index (χ4v) is 7.87. The number of H-pyrrole nitrogens is 1. The van der Waals surface area contributed by atoms with Crippen LogP contribution in [0.1, 0.15) is 60.4 Å². The molecule has 14 heteroatoms. The molecule has 2 rings (SSSR count). The van der Waals surface area contributed by atoms with E-state index in [2.05, 4.69) is 15.7 Å². The van der Waals surface area contributed by atoms with Crippen LogP contribution in [0.25, 0.3) is 0 Å². The summed E-state index contributed by atoms with van der Waals surface area (Å²) in [7, 11) is -3.62. The molecule has 0 spiro atoms. The number of aromatic amines is 1. The first-order chi connectivity index (χ1) is 18.5. The zero-order chi connectivity index (χ0) is 29.2. The quantitative estimate of drug-likeness (QED) is 0.216. The lowest BCUT2D eigenvalue weighted by Crippen LogP contribution is -2.40. The van der Waals surface area contributed by atoms with Gasteiger partial charge >= 0.3 is 13.3 Å². The van der Waals surface area contributed by atoms with Gasteiger partial charge in [0.05, 0.1) is 38.4 Å². The Bertz CT molecular complexity index is 1110. The summed E-state index contributed by atoms with van der Waals surface area (Å²) in [5.41, 5.74) is -1.06. The summed E-state index contributed by atoms with van der Waals surface area (Å²) >= 11 is 0. The summed E-state index contributed by atoms with van der Waals surface area (Å²) in [6, 6.07) is 3.02. The molecule has 5 atom stereocenters. The number of aromatic nitrogens is 2. The summed E-state index contributed by atoms with van der Waals surface area (Å²) in [4.78, 5) is 26.7. The third-order valence-corrected chi connectivity index (χ3v) is 10.0. The fourth-order valence-electron chi connectivity index (χ4n) is 4.69. The number of rotatable bonds is 16. The van der Waals surface area contributed by atoms with Crippen LogP contribution < -0.4 is 11.2 Å². The van der Waals surface area contributed by atoms with Gasteiger partial charge in [0, 0.05) is 43.2 Å². The van der Waals surface area contributed by atoms with Crippen LogP contribution in [0.4, 0.5) is 0 Å². The summed E-state index contributed by atoms with van der Waals surface area (Å²) in [6.07, 6.45) is 2.52. The van der Waals surface area contributed by atoms with E-state index in [1.165, 1.54) is 29.8 Å². The van der Waals surface area contributed by atoms with Crippen LogP contribution in [0.3, 0.4) is 0 Å². The highest BCUT2D eigenvalue weighted by Gasteiger charge is 2.47. The molecule has 1 aliphatic carbocycles. The van der Waals surface area contributed by atoms with E-state index in [0.29, 0.717) is 6.42 Å². The van der Waals surface area contributed by atoms with E-state index in [9.17, 15) is 14.2 Å². The van der Waals surface area contributed by atoms with Crippen LogP contribution in [0, 0.1) is 17.2 Å². The summed E-state index contributed by atoms with van der Waals surface area (Å²) in [5, 5.41) is 9.07. The van der Waals surface area contributed by atoms with Gasteiger partial charge in [-0.15, -0.1) is 0 Å². The number of ether oxygens (including phenoxy) is 1. The predicted octanol–water partition coefficient (Wildman–Crippen LogP) is 4.55. The highest BCUT2D eigenvalue weighted by atomic mass is 31.2. The van der Waals surface area contributed by atoms with Crippen molar-refractivity contribution >= 4 is 16.1 Å². The predicted molar refractivity (Wildman–Crippen MR) is 149 cm³/mol. The van der Waals surface area contributed by atoms with Gasteiger partial charge in [0.15, 0.2) is 0 Å². The minimum absolute atomic E-state index is 0.0725. The van der Waals surface area contributed by atoms with Gasteiger partial charge in [0.25, 0.3) is 14.1 Å². The third kappa shape index (κ3) is 9.17. The molecule has 1 heterocycles. The molecule has 0 amide bonds. The van der Waals surface area contributed by atoms with Crippen molar-refractivity contribution < 1.29 is 27.4 Å². The molecule has 1 aromatic heterocycles. The van der Waals surface area contributed by atoms with E-state index in [1.807, 2.05) is 27.7 Å². The second-order valence-corrected chi connectivity index (χ2v) is 12.8. The van der Waals surface area contributed by atoms with Crippen LogP contribution in [0.2, 0.25) is 0 Å². The van der Waals surface area contributed by atoms with Crippen molar-refractivity contribution in [1.82, 2.24) is 14.2 Å². The fraction of sp³-hybridized carbons (Fsp3) is 0.720. The lowest BCUT2D eigenvalue weighted by Gasteiger charge is -2.38. The molecule has 0 bridgehead atoms. The standard InChI is InChI=1S/C25H42N4O8P2/c1-8-35-39(32,36-9-2)16-12-20-17-21(28-14-11-22(30)27-25(28)31)24(33-7)23(20)37-38(34-15-10-13-26)29(18(3)4)19(5)6/h11-12,14,16,18-21,23-24H,8-10,15,17H2,1-7H3,(H,27,30,31)/b16-12+. The van der Waals surface area contributed by atoms with Crippen molar-refractivity contribution in [2.45, 2.75) is 84.7 Å². The van der Waals surface area contributed by atoms with Crippen molar-refractivity contribution in [3.8, 4) is 6.07 Å². The Labute approximate surface area is 231 Å². The Hall–Kier alpha value is -1.67. The van der Waals surface area contributed by atoms with Crippen LogP contribution in [0.5, 0.6) is 0 Å². The molecule has 220 valence electrons. The summed E-state index contributed by atoms with van der Waals surface area (Å²) < 4.78 is 46.3. The van der Waals surface area contributed by atoms with Crippen molar-refractivity contribution in [2.75, 3.05) is 26.9 Å². The molecule has 0 radical (unpaired) electrons. The maximum Gasteiger partial charge on any atom is 0.353 e. The second kappa shape index (κ2) is 15.9. The molecule has 12 nitrogen and oxygen atoms in total. The van der Waals surface area contributed by atoms with Crippen molar-refractivity contribution in [1.29, 1.82) is 5.26 Å². The second-order valence-electron chi connectivity index (χ2n) is 9.52. The van der Waals surface area contributed by atoms with Crippen molar-refractivity contribution in [2.24, 2.45) is 5.92 Å². The van der Waals surface area contributed by atoms with Crippen molar-refractivity contribution in [3.63, 3.8) is 0 Å². The van der Waals surface area contributed by atoms with E-state index in [0.717, 1.165) is 0 Å². The molecule has 1 aromatic rings. The van der Waals surface area contributed by atoms with Gasteiger partial charge in [0.2, 0.25) is 0 Å². The van der Waals surface area contributed by atoms with Gasteiger partial charge in [-0.25, -0.2) is 9.46 Å². The topological polar surface area (TPSA) is 145 Å². The highest BCUT2D eigenvalue weighted by Crippen LogP contribution is 2.54. The molecule has 0 aromatic carbocycles. The zero-order valence-corrected chi connectivity index (χ0v) is 25.6. The van der Waals surface area contributed by atoms with E-state index in [1.54, 1.807) is 19.9 Å². The number of nitrogens with zero attached hydrogens (tertiary/aromatic N) is 3. The number of hydrogen-bond acceptors (Lipinski definition) is 10. The zero-order valence-electron chi connectivity index (χ0n) is 23.8. The molecule has 39 heavy (non-hydrogen) atoms. The monoisotopic (exact) mass is 588 g/mol. The van der Waals surface area contributed by atoms with Gasteiger partial charge in [0.1, 0.15) is 12.2 Å². The molecule has 1 fully saturated rings. The largest absolute Gasteiger partial charge is 0.377 e. The van der Waals surface area contributed by atoms with E-state index < -0.39 is 45.6 Å². The van der Waals surface area contributed by atoms with Crippen LogP contribution in [-0.4, -0.2) is 65.4 Å². The normalized spacial score (nSPS) is 22.8. The minimum atomic E-state index is -3.51. The highest BCUT2D eigenvalue weighted by molar-refractivity contribution is 7.57. The van der Waals surface area contributed by atoms with Gasteiger partial charge < -0.3 is 22.8 Å². The van der Waals surface area contributed by atoms with Crippen LogP contribution in [-0.2, 0) is 27.4 Å². The van der Waals surface area contributed by atoms with E-state index in [-0.39, 0.29) is 44.2 Å². The molecule has 5 unspecified atom stereocenters. The Morgan fingerprint density at radius 2 is 1.85 bits per heavy atom. The van der Waals surface area contributed by atoms with Gasteiger partial charge in [-0.2, -0.15) is 5.26 Å². The van der Waals surface area contributed by atoms with Gasteiger partial charge in [-0.1, -0.05) is 6.08 Å². The maximum absolute atomic E-state index is 13.2. The smallest absolute Gasteiger partial charge is 0.353 e. The number of hydrogen-bond donors (Lipinski definition) is 1. The number of nitriles is 1. The Balaban J connectivity index is 2.56. The van der Waals surface area contributed by atoms with Crippen LogP contribution in [0.15, 0.2) is 33.7 Å². The molecule has 1 saturated carbocycles. The Morgan fingerprint density at radius 1 is 1.21 bits per heavy atom. The Kier molecular flexibility index (Phi) is 13.7. The van der Waals surface area contributed by atoms with Gasteiger partial charge in [-0.3, -0.25) is 18.9 Å². The first-order valence-corrected chi connectivity index (χ1v) is 15.9. The molecular formula is C25H42N4O8P2. The molecule has 1 aliphatic rings. The molecule has 1 N–H and O–H groups in total. The number of nitrogens with one attached hydrogen (secondary N) is 1. The van der Waals surface area contributed by atoms with Gasteiger partial charge in [-0.05, 0) is 48.0 Å². The van der Waals surface area contributed by atoms with E-state index in [4.69, 9.17) is 28.1 Å². The average Bonchev–Trinajstić information content (AvgIpc) is 3.19. The minimum Gasteiger partial charge on any atom is -0.377 e. The average molecular weight is 589 g/mol. The number of methoxy groups -OCH3 is 1. The SMILES string of the molecule is CCOP(=O)(/C=C/C1CC(n2ccc(=O)[nH]c2=O)C(OC)C1OP(OCCC#N)N(C(C)C)C(C)C)OCC. The van der Waals surface area contributed by atoms with Crippen LogP contribution >= 0.6 is 16.1 Å². The lowest BCUT2D eigenvalue weighted by molar-refractivity contribution is -0.0133. The van der Waals surface area contributed by atoms with E-state index >= 15 is 0 Å². The first-order valence-electron chi connectivity index (χ1n) is 13.2. The third-order valence-electron chi connectivity index (χ3n) is 6.13. The molecular weight excluding hydrogens is 546 g/mol. The summed E-state index contributed by atoms with van der Waals surface area (Å²) in [6.45, 7) is 12.2. The lowest BCUT2D eigenvalue weighted by atomic mass is 10.1. The first kappa shape index (κ1) is 33.5. The maximum atomic E-state index is 13.2. The van der Waals surface area contributed by atoms with Crippen molar-refractivity contribution in [3.05, 3.63) is 45.0 Å². The molecule has 0 saturated heterocycles. The molecule has 0 aliphatic heterocycles.